The van der Waals surface area contributed by atoms with Gasteiger partial charge in [0.1, 0.15) is 0 Å². The summed E-state index contributed by atoms with van der Waals surface area (Å²) in [7, 11) is -3.35. The molecule has 114 valence electrons. The standard InChI is InChI=1S/C12H21N3O4S/c1-9(2)11-13-12(14-19-11)15-6-4-10(5-7-15)8-18-20(3,16)17/h9-10H,4-8H2,1-3H3. The predicted molar refractivity (Wildman–Crippen MR) is 74.1 cm³/mol. The summed E-state index contributed by atoms with van der Waals surface area (Å²) in [5.74, 6) is 1.74. The van der Waals surface area contributed by atoms with Crippen LogP contribution in [0.3, 0.4) is 0 Å². The molecule has 1 aromatic rings. The lowest BCUT2D eigenvalue weighted by atomic mass is 9.98. The van der Waals surface area contributed by atoms with Gasteiger partial charge >= 0.3 is 0 Å². The summed E-state index contributed by atoms with van der Waals surface area (Å²) in [5.41, 5.74) is 0. The minimum Gasteiger partial charge on any atom is -0.338 e. The van der Waals surface area contributed by atoms with Crippen molar-refractivity contribution in [2.45, 2.75) is 32.6 Å². The summed E-state index contributed by atoms with van der Waals surface area (Å²) in [6.07, 6.45) is 2.80. The number of nitrogens with zero attached hydrogens (tertiary/aromatic N) is 3. The third kappa shape index (κ3) is 4.17. The number of aromatic nitrogens is 2. The Hall–Kier alpha value is -1.15. The summed E-state index contributed by atoms with van der Waals surface area (Å²) in [5, 5.41) is 3.98. The van der Waals surface area contributed by atoms with Gasteiger partial charge in [-0.25, -0.2) is 0 Å². The zero-order valence-corrected chi connectivity index (χ0v) is 12.9. The van der Waals surface area contributed by atoms with E-state index in [4.69, 9.17) is 8.71 Å². The molecule has 0 bridgehead atoms. The van der Waals surface area contributed by atoms with Gasteiger partial charge in [-0.15, -0.1) is 0 Å². The normalized spacial score (nSPS) is 17.9. The van der Waals surface area contributed by atoms with Crippen LogP contribution in [0.25, 0.3) is 0 Å². The molecule has 2 rings (SSSR count). The molecule has 1 aliphatic rings. The van der Waals surface area contributed by atoms with Crippen molar-refractivity contribution in [3.05, 3.63) is 5.89 Å². The molecule has 0 spiro atoms. The third-order valence-corrected chi connectivity index (χ3v) is 3.90. The zero-order chi connectivity index (χ0) is 14.8. The van der Waals surface area contributed by atoms with Crippen molar-refractivity contribution >= 4 is 16.1 Å². The van der Waals surface area contributed by atoms with Gasteiger partial charge in [0, 0.05) is 19.0 Å². The highest BCUT2D eigenvalue weighted by molar-refractivity contribution is 7.85. The lowest BCUT2D eigenvalue weighted by Gasteiger charge is -2.30. The van der Waals surface area contributed by atoms with Crippen LogP contribution >= 0.6 is 0 Å². The molecule has 0 aromatic carbocycles. The van der Waals surface area contributed by atoms with Gasteiger partial charge in [-0.1, -0.05) is 13.8 Å². The molecule has 0 atom stereocenters. The van der Waals surface area contributed by atoms with Crippen LogP contribution < -0.4 is 4.90 Å². The van der Waals surface area contributed by atoms with Gasteiger partial charge < -0.3 is 9.42 Å². The molecule has 8 heteroatoms. The zero-order valence-electron chi connectivity index (χ0n) is 12.1. The molecule has 0 unspecified atom stereocenters. The lowest BCUT2D eigenvalue weighted by Crippen LogP contribution is -2.36. The van der Waals surface area contributed by atoms with Gasteiger partial charge in [0.2, 0.25) is 5.89 Å². The van der Waals surface area contributed by atoms with E-state index in [1.165, 1.54) is 0 Å². The Morgan fingerprint density at radius 2 is 2.05 bits per heavy atom. The minimum atomic E-state index is -3.35. The van der Waals surface area contributed by atoms with Crippen molar-refractivity contribution in [1.82, 2.24) is 10.1 Å². The molecule has 1 saturated heterocycles. The van der Waals surface area contributed by atoms with E-state index in [9.17, 15) is 8.42 Å². The average molecular weight is 303 g/mol. The SMILES string of the molecule is CC(C)c1nc(N2CCC(COS(C)(=O)=O)CC2)no1. The topological polar surface area (TPSA) is 85.5 Å². The fourth-order valence-electron chi connectivity index (χ4n) is 2.11. The highest BCUT2D eigenvalue weighted by Gasteiger charge is 2.24. The maximum absolute atomic E-state index is 11.0. The van der Waals surface area contributed by atoms with E-state index in [2.05, 4.69) is 15.0 Å². The van der Waals surface area contributed by atoms with Gasteiger partial charge in [-0.2, -0.15) is 13.4 Å². The fourth-order valence-corrected chi connectivity index (χ4v) is 2.55. The molecular formula is C12H21N3O4S. The van der Waals surface area contributed by atoms with Gasteiger partial charge in [0.05, 0.1) is 12.9 Å². The first-order chi connectivity index (χ1) is 9.35. The van der Waals surface area contributed by atoms with Crippen molar-refractivity contribution in [3.8, 4) is 0 Å². The second-order valence-electron chi connectivity index (χ2n) is 5.51. The van der Waals surface area contributed by atoms with Crippen LogP contribution in [0, 0.1) is 5.92 Å². The molecule has 0 saturated carbocycles. The van der Waals surface area contributed by atoms with Crippen LogP contribution in [0.2, 0.25) is 0 Å². The van der Waals surface area contributed by atoms with Crippen LogP contribution in [0.5, 0.6) is 0 Å². The third-order valence-electron chi connectivity index (χ3n) is 3.34. The Kier molecular flexibility index (Phi) is 4.64. The van der Waals surface area contributed by atoms with Crippen LogP contribution in [0.4, 0.5) is 5.95 Å². The van der Waals surface area contributed by atoms with Crippen LogP contribution in [0.15, 0.2) is 4.52 Å². The Bertz CT molecular complexity index is 533. The molecule has 1 fully saturated rings. The van der Waals surface area contributed by atoms with Crippen molar-refractivity contribution in [2.75, 3.05) is 30.9 Å². The van der Waals surface area contributed by atoms with E-state index in [-0.39, 0.29) is 18.4 Å². The molecule has 1 aromatic heterocycles. The first-order valence-electron chi connectivity index (χ1n) is 6.78. The molecule has 2 heterocycles. The first-order valence-corrected chi connectivity index (χ1v) is 8.60. The first kappa shape index (κ1) is 15.2. The molecule has 7 nitrogen and oxygen atoms in total. The summed E-state index contributed by atoms with van der Waals surface area (Å²) < 4.78 is 32.0. The Morgan fingerprint density at radius 1 is 1.40 bits per heavy atom. The van der Waals surface area contributed by atoms with Gasteiger partial charge in [0.25, 0.3) is 16.1 Å². The lowest BCUT2D eigenvalue weighted by molar-refractivity contribution is 0.229. The van der Waals surface area contributed by atoms with Crippen LogP contribution in [-0.2, 0) is 14.3 Å². The summed E-state index contributed by atoms with van der Waals surface area (Å²) in [6.45, 7) is 5.85. The van der Waals surface area contributed by atoms with Crippen LogP contribution in [0.1, 0.15) is 38.5 Å². The monoisotopic (exact) mass is 303 g/mol. The quantitative estimate of drug-likeness (QED) is 0.760. The molecular weight excluding hydrogens is 282 g/mol. The molecule has 1 aliphatic heterocycles. The van der Waals surface area contributed by atoms with Crippen molar-refractivity contribution in [3.63, 3.8) is 0 Å². The van der Waals surface area contributed by atoms with Crippen molar-refractivity contribution in [2.24, 2.45) is 5.92 Å². The number of hydrogen-bond donors (Lipinski definition) is 0. The molecule has 0 N–H and O–H groups in total. The molecule has 20 heavy (non-hydrogen) atoms. The largest absolute Gasteiger partial charge is 0.338 e. The van der Waals surface area contributed by atoms with Crippen molar-refractivity contribution < 1.29 is 17.1 Å². The highest BCUT2D eigenvalue weighted by atomic mass is 32.2. The van der Waals surface area contributed by atoms with Crippen molar-refractivity contribution in [1.29, 1.82) is 0 Å². The van der Waals surface area contributed by atoms with E-state index in [0.717, 1.165) is 32.2 Å². The molecule has 0 amide bonds. The van der Waals surface area contributed by atoms with Gasteiger partial charge in [-0.3, -0.25) is 4.18 Å². The highest BCUT2D eigenvalue weighted by Crippen LogP contribution is 2.23. The number of anilines is 1. The summed E-state index contributed by atoms with van der Waals surface area (Å²) in [4.78, 5) is 6.43. The average Bonchev–Trinajstić information content (AvgIpc) is 2.86. The number of piperidine rings is 1. The number of rotatable bonds is 5. The van der Waals surface area contributed by atoms with E-state index in [0.29, 0.717) is 11.8 Å². The van der Waals surface area contributed by atoms with Gasteiger partial charge in [0.15, 0.2) is 0 Å². The summed E-state index contributed by atoms with van der Waals surface area (Å²) >= 11 is 0. The second-order valence-corrected chi connectivity index (χ2v) is 7.15. The van der Waals surface area contributed by atoms with Crippen LogP contribution in [-0.4, -0.2) is 44.5 Å². The fraction of sp³-hybridized carbons (Fsp3) is 0.833. The van der Waals surface area contributed by atoms with E-state index in [1.54, 1.807) is 0 Å². The maximum atomic E-state index is 11.0. The Morgan fingerprint density at radius 3 is 2.55 bits per heavy atom. The molecule has 0 aliphatic carbocycles. The smallest absolute Gasteiger partial charge is 0.266 e. The van der Waals surface area contributed by atoms with E-state index in [1.807, 2.05) is 13.8 Å². The maximum Gasteiger partial charge on any atom is 0.266 e. The summed E-state index contributed by atoms with van der Waals surface area (Å²) in [6, 6.07) is 0. The number of hydrogen-bond acceptors (Lipinski definition) is 7. The molecule has 0 radical (unpaired) electrons. The van der Waals surface area contributed by atoms with E-state index < -0.39 is 10.1 Å². The Labute approximate surface area is 119 Å². The van der Waals surface area contributed by atoms with Gasteiger partial charge in [-0.05, 0) is 23.9 Å². The Balaban J connectivity index is 1.84. The minimum absolute atomic E-state index is 0.219. The predicted octanol–water partition coefficient (Wildman–Crippen LogP) is 1.39. The second kappa shape index (κ2) is 6.09. The van der Waals surface area contributed by atoms with E-state index >= 15 is 0 Å².